The Morgan fingerprint density at radius 1 is 1.08 bits per heavy atom. The second-order valence-electron chi connectivity index (χ2n) is 8.10. The van der Waals surface area contributed by atoms with Crippen molar-refractivity contribution in [1.82, 2.24) is 19.3 Å². The van der Waals surface area contributed by atoms with E-state index in [4.69, 9.17) is 44.8 Å². The van der Waals surface area contributed by atoms with E-state index in [0.29, 0.717) is 60.3 Å². The van der Waals surface area contributed by atoms with Crippen LogP contribution in [-0.2, 0) is 10.0 Å². The van der Waals surface area contributed by atoms with Gasteiger partial charge in [-0.15, -0.1) is 0 Å². The summed E-state index contributed by atoms with van der Waals surface area (Å²) in [6.45, 7) is 1.67. The first kappa shape index (κ1) is 26.0. The van der Waals surface area contributed by atoms with E-state index >= 15 is 0 Å². The van der Waals surface area contributed by atoms with Gasteiger partial charge >= 0.3 is 0 Å². The number of piperazine rings is 1. The van der Waals surface area contributed by atoms with Crippen LogP contribution < -0.4 is 21.1 Å². The lowest BCUT2D eigenvalue weighted by molar-refractivity contribution is 0.214. The lowest BCUT2D eigenvalue weighted by Crippen LogP contribution is -2.48. The van der Waals surface area contributed by atoms with Gasteiger partial charge in [0.15, 0.2) is 6.23 Å². The number of hydrogen-bond acceptors (Lipinski definition) is 10. The van der Waals surface area contributed by atoms with Gasteiger partial charge in [0.2, 0.25) is 16.0 Å². The average molecular weight is 551 g/mol. The zero-order chi connectivity index (χ0) is 26.0. The molecule has 36 heavy (non-hydrogen) atoms. The fourth-order valence-corrected chi connectivity index (χ4v) is 5.12. The Morgan fingerprint density at radius 2 is 1.69 bits per heavy atom. The first-order valence-electron chi connectivity index (χ1n) is 10.8. The van der Waals surface area contributed by atoms with Gasteiger partial charge in [0.25, 0.3) is 0 Å². The molecule has 2 aromatic heterocycles. The van der Waals surface area contributed by atoms with E-state index in [2.05, 4.69) is 15.0 Å². The molecule has 5 N–H and O–H groups in total. The number of nitrogen functional groups attached to an aromatic ring is 1. The Kier molecular flexibility index (Phi) is 7.62. The molecule has 0 saturated carbocycles. The van der Waals surface area contributed by atoms with E-state index in [0.717, 1.165) is 0 Å². The number of benzene rings is 1. The highest BCUT2D eigenvalue weighted by atomic mass is 35.5. The number of sulfonamides is 1. The topological polar surface area (TPSA) is 164 Å². The number of nitrogens with two attached hydrogens (primary N) is 2. The predicted octanol–water partition coefficient (Wildman–Crippen LogP) is 2.29. The summed E-state index contributed by atoms with van der Waals surface area (Å²) in [5.74, 6) is 0.823. The highest BCUT2D eigenvalue weighted by Gasteiger charge is 2.25. The number of anilines is 2. The molecule has 14 heteroatoms. The molecule has 0 spiro atoms. The maximum atomic E-state index is 11.7. The predicted molar refractivity (Wildman–Crippen MR) is 139 cm³/mol. The van der Waals surface area contributed by atoms with Crippen LogP contribution in [0.4, 0.5) is 11.6 Å². The molecular formula is C22H24Cl2N8O3S. The van der Waals surface area contributed by atoms with Gasteiger partial charge in [0.05, 0.1) is 22.0 Å². The molecule has 0 aliphatic carbocycles. The molecule has 4 rings (SSSR count). The number of halogens is 2. The molecule has 0 amide bonds. The van der Waals surface area contributed by atoms with E-state index in [1.165, 1.54) is 35.3 Å². The van der Waals surface area contributed by atoms with Crippen molar-refractivity contribution in [3.63, 3.8) is 0 Å². The van der Waals surface area contributed by atoms with Crippen LogP contribution in [0.5, 0.6) is 5.75 Å². The van der Waals surface area contributed by atoms with E-state index < -0.39 is 16.3 Å². The van der Waals surface area contributed by atoms with Crippen molar-refractivity contribution in [2.75, 3.05) is 43.1 Å². The van der Waals surface area contributed by atoms with E-state index in [1.54, 1.807) is 18.2 Å². The first-order chi connectivity index (χ1) is 17.0. The van der Waals surface area contributed by atoms with Crippen molar-refractivity contribution in [3.05, 3.63) is 69.7 Å². The summed E-state index contributed by atoms with van der Waals surface area (Å²) in [6.07, 6.45) is 6.13. The third kappa shape index (κ3) is 5.68. The molecule has 0 radical (unpaired) electrons. The number of aromatic nitrogens is 3. The second kappa shape index (κ2) is 10.5. The average Bonchev–Trinajstić information content (AvgIpc) is 2.84. The fraction of sp³-hybridized carbons (Fsp3) is 0.273. The molecule has 190 valence electrons. The molecule has 1 saturated heterocycles. The van der Waals surface area contributed by atoms with Crippen LogP contribution in [0.1, 0.15) is 22.9 Å². The first-order valence-corrected chi connectivity index (χ1v) is 13.4. The summed E-state index contributed by atoms with van der Waals surface area (Å²) in [7, 11) is -3.22. The normalized spacial score (nSPS) is 15.5. The highest BCUT2D eigenvalue weighted by Crippen LogP contribution is 2.31. The van der Waals surface area contributed by atoms with Crippen molar-refractivity contribution in [3.8, 4) is 5.75 Å². The lowest BCUT2D eigenvalue weighted by Gasteiger charge is -2.33. The molecule has 3 heterocycles. The third-order valence-corrected chi connectivity index (χ3v) is 7.55. The van der Waals surface area contributed by atoms with E-state index in [-0.39, 0.29) is 15.8 Å². The van der Waals surface area contributed by atoms with Crippen LogP contribution in [0, 0.1) is 5.41 Å². The van der Waals surface area contributed by atoms with E-state index in [1.807, 2.05) is 4.90 Å². The summed E-state index contributed by atoms with van der Waals surface area (Å²) in [6, 6.07) is 4.84. The Balaban J connectivity index is 1.48. The third-order valence-electron chi connectivity index (χ3n) is 5.65. The van der Waals surface area contributed by atoms with Crippen LogP contribution in [0.25, 0.3) is 0 Å². The summed E-state index contributed by atoms with van der Waals surface area (Å²) < 4.78 is 30.7. The monoisotopic (exact) mass is 550 g/mol. The summed E-state index contributed by atoms with van der Waals surface area (Å²) in [5.41, 5.74) is 14.0. The number of nitrogens with one attached hydrogen (secondary N) is 1. The standard InChI is InChI=1S/C22H24Cl2N8O3S/c1-36(33,34)32-6-4-31(5-7-32)22-29-9-13(10-30-22)20(26)15-8-14(2-3-18(15)25)35-21(27)19-16(23)11-28-12-17(19)24/h2-3,8-12,21,26H,4-7,25,27H2,1H3/t21-/m0/s1. The van der Waals surface area contributed by atoms with Gasteiger partial charge in [0, 0.05) is 73.3 Å². The van der Waals surface area contributed by atoms with Gasteiger partial charge in [-0.2, -0.15) is 4.31 Å². The van der Waals surface area contributed by atoms with Gasteiger partial charge in [-0.3, -0.25) is 16.1 Å². The van der Waals surface area contributed by atoms with Crippen LogP contribution in [0.15, 0.2) is 43.0 Å². The number of rotatable bonds is 7. The van der Waals surface area contributed by atoms with Gasteiger partial charge < -0.3 is 15.4 Å². The molecule has 3 aromatic rings. The van der Waals surface area contributed by atoms with Crippen LogP contribution in [0.3, 0.4) is 0 Å². The molecule has 11 nitrogen and oxygen atoms in total. The Morgan fingerprint density at radius 3 is 2.28 bits per heavy atom. The van der Waals surface area contributed by atoms with E-state index in [9.17, 15) is 8.42 Å². The minimum Gasteiger partial charge on any atom is -0.471 e. The van der Waals surface area contributed by atoms with Crippen LogP contribution in [-0.4, -0.2) is 65.8 Å². The van der Waals surface area contributed by atoms with Crippen LogP contribution >= 0.6 is 23.2 Å². The van der Waals surface area contributed by atoms with Gasteiger partial charge in [0.1, 0.15) is 5.75 Å². The quantitative estimate of drug-likeness (QED) is 0.227. The van der Waals surface area contributed by atoms with Crippen LogP contribution in [0.2, 0.25) is 10.0 Å². The largest absolute Gasteiger partial charge is 0.471 e. The summed E-state index contributed by atoms with van der Waals surface area (Å²) in [5, 5.41) is 9.19. The molecule has 1 atom stereocenters. The Labute approximate surface area is 218 Å². The van der Waals surface area contributed by atoms with Crippen molar-refractivity contribution in [2.45, 2.75) is 6.23 Å². The summed E-state index contributed by atoms with van der Waals surface area (Å²) >= 11 is 12.3. The van der Waals surface area contributed by atoms with Gasteiger partial charge in [-0.1, -0.05) is 23.2 Å². The second-order valence-corrected chi connectivity index (χ2v) is 10.9. The fourth-order valence-electron chi connectivity index (χ4n) is 3.71. The van der Waals surface area contributed by atoms with Crippen molar-refractivity contribution in [1.29, 1.82) is 5.41 Å². The number of pyridine rings is 1. The summed E-state index contributed by atoms with van der Waals surface area (Å²) in [4.78, 5) is 14.6. The molecular weight excluding hydrogens is 527 g/mol. The Bertz CT molecular complexity index is 1360. The number of nitrogens with zero attached hydrogens (tertiary/aromatic N) is 5. The molecule has 0 bridgehead atoms. The Hall–Kier alpha value is -3.03. The number of hydrogen-bond donors (Lipinski definition) is 3. The number of ether oxygens (including phenoxy) is 1. The van der Waals surface area contributed by atoms with Crippen molar-refractivity contribution in [2.24, 2.45) is 5.73 Å². The molecule has 1 aliphatic rings. The highest BCUT2D eigenvalue weighted by molar-refractivity contribution is 7.88. The minimum atomic E-state index is -3.22. The molecule has 1 fully saturated rings. The molecule has 0 unspecified atom stereocenters. The van der Waals surface area contributed by atoms with Crippen molar-refractivity contribution >= 4 is 50.6 Å². The lowest BCUT2D eigenvalue weighted by atomic mass is 10.0. The molecule has 1 aromatic carbocycles. The smallest absolute Gasteiger partial charge is 0.225 e. The SMILES string of the molecule is CS(=O)(=O)N1CCN(c2ncc(C(=N)c3cc(O[C@H](N)c4c(Cl)cncc4Cl)ccc3N)cn2)CC1. The van der Waals surface area contributed by atoms with Crippen molar-refractivity contribution < 1.29 is 13.2 Å². The maximum Gasteiger partial charge on any atom is 0.225 e. The molecule has 1 aliphatic heterocycles. The zero-order valence-electron chi connectivity index (χ0n) is 19.2. The minimum absolute atomic E-state index is 0.0972. The zero-order valence-corrected chi connectivity index (χ0v) is 21.6. The van der Waals surface area contributed by atoms with Gasteiger partial charge in [-0.25, -0.2) is 18.4 Å². The van der Waals surface area contributed by atoms with Gasteiger partial charge in [-0.05, 0) is 18.2 Å². The maximum absolute atomic E-state index is 11.7.